The molecule has 306 valence electrons. The van der Waals surface area contributed by atoms with Crippen molar-refractivity contribution in [1.29, 1.82) is 0 Å². The van der Waals surface area contributed by atoms with Gasteiger partial charge in [0.15, 0.2) is 0 Å². The van der Waals surface area contributed by atoms with E-state index in [1.807, 2.05) is 6.08 Å². The molecule has 8 rings (SSSR count). The lowest BCUT2D eigenvalue weighted by atomic mass is 9.45. The fourth-order valence-electron chi connectivity index (χ4n) is 13.3. The number of carbonyl (C=O) groups excluding carboxylic acids is 2. The van der Waals surface area contributed by atoms with Gasteiger partial charge >= 0.3 is 11.9 Å². The molecule has 17 atom stereocenters. The van der Waals surface area contributed by atoms with Crippen molar-refractivity contribution in [1.82, 2.24) is 0 Å². The number of aliphatic hydroxyl groups excluding tert-OH is 6. The standard InChI is InChI=1S/C21H34O6.C21H32O6/c2*1-3-17(25)27-16-10-26-19-18-14(5-7-21(16,19)11-22)20(2)6-4-13(23)8-12(20)9-15(18)24/h12-16,18-19,22-24H,3-11H2,1-2H3;9,13-16,18-19,22-24H,3-8,10-11H2,1-2H3/t12?,13-,14?,15-,16-,18?,19?,20-,21-;13-,14?,15-,16-,18?,19?,20-,21-/m00/s1. The number of carbonyl (C=O) groups is 2. The van der Waals surface area contributed by atoms with Gasteiger partial charge in [-0.2, -0.15) is 0 Å². The maximum Gasteiger partial charge on any atom is 0.305 e. The molecule has 0 amide bonds. The predicted octanol–water partition coefficient (Wildman–Crippen LogP) is 3.21. The summed E-state index contributed by atoms with van der Waals surface area (Å²) in [5.74, 6) is 0.159. The van der Waals surface area contributed by atoms with E-state index in [1.54, 1.807) is 13.8 Å². The van der Waals surface area contributed by atoms with E-state index in [2.05, 4.69) is 13.8 Å². The number of hydrogen-bond acceptors (Lipinski definition) is 12. The van der Waals surface area contributed by atoms with Crippen LogP contribution in [0.2, 0.25) is 0 Å². The molecular formula is C42H66O12. The molecule has 0 spiro atoms. The fraction of sp³-hybridized carbons (Fsp3) is 0.905. The smallest absolute Gasteiger partial charge is 0.305 e. The van der Waals surface area contributed by atoms with Crippen LogP contribution in [0.3, 0.4) is 0 Å². The van der Waals surface area contributed by atoms with E-state index in [0.717, 1.165) is 57.8 Å². The molecule has 5 saturated carbocycles. The Kier molecular flexibility index (Phi) is 11.5. The summed E-state index contributed by atoms with van der Waals surface area (Å²) in [6.45, 7) is 8.47. The van der Waals surface area contributed by atoms with Gasteiger partial charge in [0.05, 0.1) is 73.9 Å². The summed E-state index contributed by atoms with van der Waals surface area (Å²) in [6, 6.07) is 0. The zero-order valence-corrected chi connectivity index (χ0v) is 32.7. The van der Waals surface area contributed by atoms with Crippen LogP contribution < -0.4 is 0 Å². The monoisotopic (exact) mass is 762 g/mol. The third-order valence-corrected chi connectivity index (χ3v) is 16.5. The van der Waals surface area contributed by atoms with Gasteiger partial charge in [0.1, 0.15) is 12.2 Å². The van der Waals surface area contributed by atoms with Gasteiger partial charge in [-0.25, -0.2) is 0 Å². The van der Waals surface area contributed by atoms with Gasteiger partial charge in [0.2, 0.25) is 0 Å². The first-order valence-corrected chi connectivity index (χ1v) is 21.0. The SMILES string of the molecule is CCC(=O)O[C@H]1COC2C3C(CC[C@@]21CO)[C@@]1(C)CC[C@H](O)CC1=C[C@@H]3O.CCC(=O)O[C@H]1COC2C3C(CC[C@@]21CO)[C@@]1(C)CC[C@H](O)CC1C[C@@H]3O. The van der Waals surface area contributed by atoms with Gasteiger partial charge in [-0.05, 0) is 99.2 Å². The highest BCUT2D eigenvalue weighted by Crippen LogP contribution is 2.64. The van der Waals surface area contributed by atoms with Crippen LogP contribution in [0.4, 0.5) is 0 Å². The summed E-state index contributed by atoms with van der Waals surface area (Å²) >= 11 is 0. The number of aliphatic hydroxyl groups is 6. The maximum absolute atomic E-state index is 11.9. The van der Waals surface area contributed by atoms with Gasteiger partial charge in [0, 0.05) is 24.7 Å². The lowest BCUT2D eigenvalue weighted by Gasteiger charge is -2.61. The van der Waals surface area contributed by atoms with Crippen molar-refractivity contribution < 1.29 is 59.2 Å². The van der Waals surface area contributed by atoms with Gasteiger partial charge in [-0.1, -0.05) is 39.3 Å². The van der Waals surface area contributed by atoms with E-state index >= 15 is 0 Å². The molecule has 54 heavy (non-hydrogen) atoms. The fourth-order valence-corrected chi connectivity index (χ4v) is 13.3. The van der Waals surface area contributed by atoms with Crippen molar-refractivity contribution in [2.24, 2.45) is 51.2 Å². The summed E-state index contributed by atoms with van der Waals surface area (Å²) in [5, 5.41) is 62.9. The molecule has 2 saturated heterocycles. The molecule has 0 aromatic heterocycles. The van der Waals surface area contributed by atoms with E-state index in [4.69, 9.17) is 18.9 Å². The molecule has 0 radical (unpaired) electrons. The van der Waals surface area contributed by atoms with Crippen molar-refractivity contribution in [3.63, 3.8) is 0 Å². The van der Waals surface area contributed by atoms with E-state index in [9.17, 15) is 40.2 Å². The molecule has 6 aliphatic carbocycles. The second-order valence-electron chi connectivity index (χ2n) is 18.8. The number of ether oxygens (including phenoxy) is 4. The minimum absolute atomic E-state index is 0.0484. The average Bonchev–Trinajstić information content (AvgIpc) is 3.71. The Morgan fingerprint density at radius 3 is 1.87 bits per heavy atom. The highest BCUT2D eigenvalue weighted by molar-refractivity contribution is 5.69. The first-order chi connectivity index (χ1) is 25.7. The molecule has 0 aromatic rings. The number of fused-ring (bicyclic) bond motifs is 10. The predicted molar refractivity (Wildman–Crippen MR) is 195 cm³/mol. The number of hydrogen-bond donors (Lipinski definition) is 6. The Hall–Kier alpha value is -1.64. The van der Waals surface area contributed by atoms with Crippen LogP contribution in [-0.2, 0) is 28.5 Å². The van der Waals surface area contributed by atoms with Crippen LogP contribution in [0.15, 0.2) is 11.6 Å². The lowest BCUT2D eigenvalue weighted by Crippen LogP contribution is -2.62. The summed E-state index contributed by atoms with van der Waals surface area (Å²) in [6.07, 6.45) is 8.02. The zero-order chi connectivity index (χ0) is 38.8. The van der Waals surface area contributed by atoms with Gasteiger partial charge in [-0.15, -0.1) is 0 Å². The van der Waals surface area contributed by atoms with Crippen molar-refractivity contribution in [3.05, 3.63) is 11.6 Å². The van der Waals surface area contributed by atoms with Crippen LogP contribution in [0.1, 0.15) is 111 Å². The Balaban J connectivity index is 0.000000167. The molecule has 6 N–H and O–H groups in total. The highest BCUT2D eigenvalue weighted by atomic mass is 16.6. The summed E-state index contributed by atoms with van der Waals surface area (Å²) in [5.41, 5.74) is -0.0374. The van der Waals surface area contributed by atoms with E-state index < -0.39 is 35.2 Å². The highest BCUT2D eigenvalue weighted by Gasteiger charge is 2.67. The summed E-state index contributed by atoms with van der Waals surface area (Å²) in [4.78, 5) is 23.8. The normalized spacial score (nSPS) is 50.3. The summed E-state index contributed by atoms with van der Waals surface area (Å²) in [7, 11) is 0. The minimum Gasteiger partial charge on any atom is -0.459 e. The molecule has 7 unspecified atom stereocenters. The second kappa shape index (κ2) is 15.3. The molecule has 8 aliphatic rings. The van der Waals surface area contributed by atoms with Crippen molar-refractivity contribution >= 4 is 11.9 Å². The first kappa shape index (κ1) is 40.6. The van der Waals surface area contributed by atoms with Crippen molar-refractivity contribution in [2.75, 3.05) is 26.4 Å². The molecular weight excluding hydrogens is 696 g/mol. The number of esters is 2. The molecule has 7 fully saturated rings. The molecule has 2 heterocycles. The van der Waals surface area contributed by atoms with Gasteiger partial charge in [-0.3, -0.25) is 9.59 Å². The van der Waals surface area contributed by atoms with Crippen LogP contribution >= 0.6 is 0 Å². The Bertz CT molecular complexity index is 1420. The van der Waals surface area contributed by atoms with Gasteiger partial charge in [0.25, 0.3) is 0 Å². The quantitative estimate of drug-likeness (QED) is 0.171. The Morgan fingerprint density at radius 2 is 1.30 bits per heavy atom. The van der Waals surface area contributed by atoms with Gasteiger partial charge < -0.3 is 49.6 Å². The third-order valence-electron chi connectivity index (χ3n) is 16.5. The average molecular weight is 763 g/mol. The van der Waals surface area contributed by atoms with Crippen LogP contribution in [0.5, 0.6) is 0 Å². The van der Waals surface area contributed by atoms with Crippen LogP contribution in [0, 0.1) is 51.2 Å². The zero-order valence-electron chi connectivity index (χ0n) is 32.7. The molecule has 12 nitrogen and oxygen atoms in total. The molecule has 0 aromatic carbocycles. The van der Waals surface area contributed by atoms with Crippen LogP contribution in [-0.4, -0.2) is 118 Å². The van der Waals surface area contributed by atoms with E-state index in [-0.39, 0.29) is 84.8 Å². The van der Waals surface area contributed by atoms with Crippen molar-refractivity contribution in [3.8, 4) is 0 Å². The molecule has 2 aliphatic heterocycles. The minimum atomic E-state index is -0.666. The van der Waals surface area contributed by atoms with E-state index in [1.165, 1.54) is 5.57 Å². The molecule has 0 bridgehead atoms. The molecule has 12 heteroatoms. The lowest BCUT2D eigenvalue weighted by molar-refractivity contribution is -0.202. The largest absolute Gasteiger partial charge is 0.459 e. The topological polar surface area (TPSA) is 192 Å². The van der Waals surface area contributed by atoms with E-state index in [0.29, 0.717) is 44.1 Å². The van der Waals surface area contributed by atoms with Crippen LogP contribution in [0.25, 0.3) is 0 Å². The third kappa shape index (κ3) is 6.41. The first-order valence-electron chi connectivity index (χ1n) is 21.0. The van der Waals surface area contributed by atoms with Crippen molar-refractivity contribution in [2.45, 2.75) is 160 Å². The Morgan fingerprint density at radius 1 is 0.741 bits per heavy atom. The second-order valence-corrected chi connectivity index (χ2v) is 18.8. The number of rotatable bonds is 6. The maximum atomic E-state index is 11.9. The summed E-state index contributed by atoms with van der Waals surface area (Å²) < 4.78 is 23.5. The Labute approximate surface area is 320 Å².